The summed E-state index contributed by atoms with van der Waals surface area (Å²) >= 11 is 0. The Kier molecular flexibility index (Phi) is 4.19. The third-order valence-electron chi connectivity index (χ3n) is 4.82. The number of H-pyrrole nitrogens is 1. The molecule has 1 atom stereocenters. The number of carbonyl (C=O) groups excluding carboxylic acids is 1. The Morgan fingerprint density at radius 2 is 2.21 bits per heavy atom. The van der Waals surface area contributed by atoms with E-state index >= 15 is 0 Å². The molecule has 0 aromatic carbocycles. The van der Waals surface area contributed by atoms with Crippen molar-refractivity contribution in [2.75, 3.05) is 19.7 Å². The van der Waals surface area contributed by atoms with E-state index in [4.69, 9.17) is 4.74 Å². The smallest absolute Gasteiger partial charge is 0.255 e. The van der Waals surface area contributed by atoms with E-state index in [-0.39, 0.29) is 5.91 Å². The summed E-state index contributed by atoms with van der Waals surface area (Å²) < 4.78 is 5.63. The number of hydrogen-bond acceptors (Lipinski definition) is 4. The molecule has 126 valence electrons. The quantitative estimate of drug-likeness (QED) is 0.917. The SMILES string of the molecule is O=C(c1ccc(OCC2CC2)nc1)N1CCCC(c2ccn[nH]2)C1. The number of nitrogens with one attached hydrogen (secondary N) is 1. The van der Waals surface area contributed by atoms with Gasteiger partial charge >= 0.3 is 0 Å². The lowest BCUT2D eigenvalue weighted by Crippen LogP contribution is -2.39. The van der Waals surface area contributed by atoms with Crippen LogP contribution >= 0.6 is 0 Å². The van der Waals surface area contributed by atoms with Crippen molar-refractivity contribution in [1.82, 2.24) is 20.1 Å². The molecule has 2 fully saturated rings. The first-order valence-electron chi connectivity index (χ1n) is 8.67. The molecule has 2 aromatic heterocycles. The molecule has 3 heterocycles. The van der Waals surface area contributed by atoms with Gasteiger partial charge in [0, 0.05) is 43.2 Å². The molecule has 0 radical (unpaired) electrons. The summed E-state index contributed by atoms with van der Waals surface area (Å²) in [5.74, 6) is 1.67. The van der Waals surface area contributed by atoms with Crippen LogP contribution in [0.25, 0.3) is 0 Å². The zero-order valence-electron chi connectivity index (χ0n) is 13.6. The van der Waals surface area contributed by atoms with Gasteiger partial charge < -0.3 is 9.64 Å². The highest BCUT2D eigenvalue weighted by atomic mass is 16.5. The number of amides is 1. The largest absolute Gasteiger partial charge is 0.477 e. The molecule has 0 bridgehead atoms. The predicted octanol–water partition coefficient (Wildman–Crippen LogP) is 2.61. The van der Waals surface area contributed by atoms with Crippen LogP contribution in [-0.4, -0.2) is 45.7 Å². The molecule has 2 aliphatic rings. The van der Waals surface area contributed by atoms with Gasteiger partial charge in [0.05, 0.1) is 12.2 Å². The topological polar surface area (TPSA) is 71.1 Å². The van der Waals surface area contributed by atoms with Crippen molar-refractivity contribution in [2.45, 2.75) is 31.6 Å². The lowest BCUT2D eigenvalue weighted by Gasteiger charge is -2.32. The molecular formula is C18H22N4O2. The Morgan fingerprint density at radius 3 is 2.92 bits per heavy atom. The highest BCUT2D eigenvalue weighted by molar-refractivity contribution is 5.94. The standard InChI is InChI=1S/C18H22N4O2/c23-18(14-5-6-17(19-10-14)24-12-13-3-4-13)22-9-1-2-15(11-22)16-7-8-20-21-16/h5-8,10,13,15H,1-4,9,11-12H2,(H,20,21). The number of hydrogen-bond donors (Lipinski definition) is 1. The molecule has 1 aliphatic carbocycles. The fraction of sp³-hybridized carbons (Fsp3) is 0.500. The minimum absolute atomic E-state index is 0.0421. The van der Waals surface area contributed by atoms with E-state index < -0.39 is 0 Å². The maximum absolute atomic E-state index is 12.7. The van der Waals surface area contributed by atoms with Crippen LogP contribution < -0.4 is 4.74 Å². The number of aromatic nitrogens is 3. The van der Waals surface area contributed by atoms with E-state index in [2.05, 4.69) is 15.2 Å². The van der Waals surface area contributed by atoms with Gasteiger partial charge in [0.1, 0.15) is 0 Å². The fourth-order valence-electron chi connectivity index (χ4n) is 3.17. The van der Waals surface area contributed by atoms with Gasteiger partial charge in [-0.05, 0) is 43.7 Å². The third kappa shape index (κ3) is 3.42. The van der Waals surface area contributed by atoms with Crippen molar-refractivity contribution in [1.29, 1.82) is 0 Å². The number of likely N-dealkylation sites (tertiary alicyclic amines) is 1. The minimum Gasteiger partial charge on any atom is -0.477 e. The van der Waals surface area contributed by atoms with E-state index in [1.165, 1.54) is 12.8 Å². The molecule has 24 heavy (non-hydrogen) atoms. The normalized spacial score (nSPS) is 20.8. The molecule has 2 aromatic rings. The molecule has 1 saturated heterocycles. The average Bonchev–Trinajstić information content (AvgIpc) is 3.30. The Labute approximate surface area is 141 Å². The highest BCUT2D eigenvalue weighted by Gasteiger charge is 2.26. The predicted molar refractivity (Wildman–Crippen MR) is 88.9 cm³/mol. The second-order valence-corrected chi connectivity index (χ2v) is 6.74. The van der Waals surface area contributed by atoms with E-state index in [0.717, 1.165) is 38.2 Å². The van der Waals surface area contributed by atoms with Crippen LogP contribution in [0.5, 0.6) is 5.88 Å². The summed E-state index contributed by atoms with van der Waals surface area (Å²) in [6.07, 6.45) is 7.99. The second-order valence-electron chi connectivity index (χ2n) is 6.74. The molecule has 0 spiro atoms. The molecule has 1 saturated carbocycles. The summed E-state index contributed by atoms with van der Waals surface area (Å²) in [6, 6.07) is 5.61. The van der Waals surface area contributed by atoms with Gasteiger partial charge in [0.15, 0.2) is 0 Å². The number of nitrogens with zero attached hydrogens (tertiary/aromatic N) is 3. The number of piperidine rings is 1. The molecule has 4 rings (SSSR count). The maximum Gasteiger partial charge on any atom is 0.255 e. The van der Waals surface area contributed by atoms with Crippen LogP contribution in [0.15, 0.2) is 30.6 Å². The van der Waals surface area contributed by atoms with Gasteiger partial charge in [-0.3, -0.25) is 9.89 Å². The second kappa shape index (κ2) is 6.63. The number of pyridine rings is 1. The van der Waals surface area contributed by atoms with Crippen molar-refractivity contribution in [2.24, 2.45) is 5.92 Å². The molecule has 1 N–H and O–H groups in total. The van der Waals surface area contributed by atoms with Crippen LogP contribution in [0.1, 0.15) is 47.7 Å². The van der Waals surface area contributed by atoms with Gasteiger partial charge in [-0.1, -0.05) is 0 Å². The number of carbonyl (C=O) groups is 1. The van der Waals surface area contributed by atoms with Crippen molar-refractivity contribution in [3.05, 3.63) is 41.9 Å². The summed E-state index contributed by atoms with van der Waals surface area (Å²) in [6.45, 7) is 2.25. The third-order valence-corrected chi connectivity index (χ3v) is 4.82. The van der Waals surface area contributed by atoms with Crippen LogP contribution in [0.4, 0.5) is 0 Å². The van der Waals surface area contributed by atoms with E-state index in [1.807, 2.05) is 17.0 Å². The van der Waals surface area contributed by atoms with Crippen LogP contribution in [0, 0.1) is 5.92 Å². The van der Waals surface area contributed by atoms with Crippen LogP contribution in [-0.2, 0) is 0 Å². The summed E-state index contributed by atoms with van der Waals surface area (Å²) in [5, 5.41) is 7.04. The minimum atomic E-state index is 0.0421. The van der Waals surface area contributed by atoms with Crippen molar-refractivity contribution < 1.29 is 9.53 Å². The van der Waals surface area contributed by atoms with Gasteiger partial charge in [0.25, 0.3) is 5.91 Å². The molecule has 6 heteroatoms. The first-order chi connectivity index (χ1) is 11.8. The van der Waals surface area contributed by atoms with Gasteiger partial charge in [-0.15, -0.1) is 0 Å². The molecule has 6 nitrogen and oxygen atoms in total. The zero-order chi connectivity index (χ0) is 16.4. The van der Waals surface area contributed by atoms with E-state index in [1.54, 1.807) is 18.5 Å². The van der Waals surface area contributed by atoms with Crippen LogP contribution in [0.3, 0.4) is 0 Å². The number of rotatable bonds is 5. The maximum atomic E-state index is 12.7. The van der Waals surface area contributed by atoms with Crippen molar-refractivity contribution in [3.63, 3.8) is 0 Å². The zero-order valence-corrected chi connectivity index (χ0v) is 13.6. The van der Waals surface area contributed by atoms with Crippen molar-refractivity contribution in [3.8, 4) is 5.88 Å². The Balaban J connectivity index is 1.38. The Morgan fingerprint density at radius 1 is 1.29 bits per heavy atom. The first-order valence-corrected chi connectivity index (χ1v) is 8.67. The van der Waals surface area contributed by atoms with E-state index in [9.17, 15) is 4.79 Å². The number of ether oxygens (including phenoxy) is 1. The molecule has 1 amide bonds. The lowest BCUT2D eigenvalue weighted by atomic mass is 9.94. The van der Waals surface area contributed by atoms with E-state index in [0.29, 0.717) is 23.3 Å². The lowest BCUT2D eigenvalue weighted by molar-refractivity contribution is 0.0705. The van der Waals surface area contributed by atoms with Crippen molar-refractivity contribution >= 4 is 5.91 Å². The summed E-state index contributed by atoms with van der Waals surface area (Å²) in [7, 11) is 0. The first kappa shape index (κ1) is 15.2. The molecule has 1 aliphatic heterocycles. The number of aromatic amines is 1. The van der Waals surface area contributed by atoms with Gasteiger partial charge in [-0.25, -0.2) is 4.98 Å². The van der Waals surface area contributed by atoms with Gasteiger partial charge in [0.2, 0.25) is 5.88 Å². The average molecular weight is 326 g/mol. The molecule has 1 unspecified atom stereocenters. The summed E-state index contributed by atoms with van der Waals surface area (Å²) in [5.41, 5.74) is 1.73. The monoisotopic (exact) mass is 326 g/mol. The van der Waals surface area contributed by atoms with Gasteiger partial charge in [-0.2, -0.15) is 5.10 Å². The highest BCUT2D eigenvalue weighted by Crippen LogP contribution is 2.29. The van der Waals surface area contributed by atoms with Crippen LogP contribution in [0.2, 0.25) is 0 Å². The summed E-state index contributed by atoms with van der Waals surface area (Å²) in [4.78, 5) is 18.9. The Bertz CT molecular complexity index is 680. The fourth-order valence-corrected chi connectivity index (χ4v) is 3.17. The molecular weight excluding hydrogens is 304 g/mol. The Hall–Kier alpha value is -2.37.